The zero-order valence-corrected chi connectivity index (χ0v) is 25.2. The van der Waals surface area contributed by atoms with Crippen molar-refractivity contribution in [1.82, 2.24) is 9.13 Å². The van der Waals surface area contributed by atoms with Crippen molar-refractivity contribution in [2.45, 2.75) is 26.9 Å². The maximum absolute atomic E-state index is 2.42. The number of hydrogen-bond donors (Lipinski definition) is 0. The Morgan fingerprint density at radius 1 is 0.364 bits per heavy atom. The highest BCUT2D eigenvalue weighted by Crippen LogP contribution is 2.35. The molecule has 6 aromatic carbocycles. The molecule has 0 aliphatic carbocycles. The summed E-state index contributed by atoms with van der Waals surface area (Å²) in [7, 11) is 0. The fourth-order valence-electron chi connectivity index (χ4n) is 7.21. The predicted molar refractivity (Wildman–Crippen MR) is 192 cm³/mol. The molecule has 0 amide bonds. The lowest BCUT2D eigenvalue weighted by molar-refractivity contribution is 0.827. The fraction of sp³-hybridized carbons (Fsp3) is 0.0952. The molecular formula is C42H34N2. The SMILES string of the molecule is CCn1c2ccccc2c2c(/C=C/c3ccc(/C=C/c4cccc5c4c4ccccc4n5CC)c4ccccc34)cccc21. The Morgan fingerprint density at radius 3 is 1.16 bits per heavy atom. The average molecular weight is 567 g/mol. The Kier molecular flexibility index (Phi) is 6.42. The molecule has 2 heterocycles. The van der Waals surface area contributed by atoms with Gasteiger partial charge in [0.1, 0.15) is 0 Å². The lowest BCUT2D eigenvalue weighted by Crippen LogP contribution is -1.92. The number of aromatic nitrogens is 2. The summed E-state index contributed by atoms with van der Waals surface area (Å²) in [6.07, 6.45) is 9.14. The van der Waals surface area contributed by atoms with E-state index in [1.54, 1.807) is 0 Å². The smallest absolute Gasteiger partial charge is 0.0497 e. The minimum Gasteiger partial charge on any atom is -0.341 e. The number of benzene rings is 6. The van der Waals surface area contributed by atoms with Crippen LogP contribution in [0.5, 0.6) is 0 Å². The minimum atomic E-state index is 0.950. The van der Waals surface area contributed by atoms with E-state index in [4.69, 9.17) is 0 Å². The standard InChI is InChI=1S/C42H34N2/c1-3-43-37-19-9-7-17-35(37)41-31(13-11-21-39(41)43)27-25-29-23-24-30(34-16-6-5-15-33(29)34)26-28-32-14-12-22-40-42(32)36-18-8-10-20-38(36)44(40)4-2/h5-28H,3-4H2,1-2H3/b27-25+,28-26+. The number of rotatable bonds is 6. The third-order valence-corrected chi connectivity index (χ3v) is 9.17. The van der Waals surface area contributed by atoms with E-state index in [0.717, 1.165) is 13.1 Å². The van der Waals surface area contributed by atoms with Gasteiger partial charge in [-0.15, -0.1) is 0 Å². The minimum absolute atomic E-state index is 0.950. The van der Waals surface area contributed by atoms with Gasteiger partial charge >= 0.3 is 0 Å². The summed E-state index contributed by atoms with van der Waals surface area (Å²) in [6.45, 7) is 6.35. The second kappa shape index (κ2) is 10.7. The van der Waals surface area contributed by atoms with Crippen LogP contribution in [0, 0.1) is 0 Å². The second-order valence-corrected chi connectivity index (χ2v) is 11.5. The molecule has 44 heavy (non-hydrogen) atoms. The van der Waals surface area contributed by atoms with Gasteiger partial charge in [0, 0.05) is 56.7 Å². The van der Waals surface area contributed by atoms with Crippen molar-refractivity contribution in [1.29, 1.82) is 0 Å². The fourth-order valence-corrected chi connectivity index (χ4v) is 7.21. The molecule has 0 radical (unpaired) electrons. The van der Waals surface area contributed by atoms with Crippen LogP contribution in [0.1, 0.15) is 36.1 Å². The Hall–Kier alpha value is -5.34. The molecule has 0 saturated carbocycles. The molecule has 0 saturated heterocycles. The highest BCUT2D eigenvalue weighted by atomic mass is 15.0. The van der Waals surface area contributed by atoms with Crippen molar-refractivity contribution in [3.05, 3.63) is 144 Å². The van der Waals surface area contributed by atoms with Gasteiger partial charge in [-0.25, -0.2) is 0 Å². The summed E-state index contributed by atoms with van der Waals surface area (Å²) >= 11 is 0. The summed E-state index contributed by atoms with van der Waals surface area (Å²) in [5.41, 5.74) is 10.1. The van der Waals surface area contributed by atoms with Crippen molar-refractivity contribution < 1.29 is 0 Å². The van der Waals surface area contributed by atoms with E-state index < -0.39 is 0 Å². The third kappa shape index (κ3) is 4.10. The lowest BCUT2D eigenvalue weighted by Gasteiger charge is -2.07. The van der Waals surface area contributed by atoms with Crippen LogP contribution in [-0.4, -0.2) is 9.13 Å². The maximum Gasteiger partial charge on any atom is 0.0497 e. The number of para-hydroxylation sites is 2. The molecule has 8 rings (SSSR count). The quantitative estimate of drug-likeness (QED) is 0.177. The zero-order valence-electron chi connectivity index (χ0n) is 25.2. The molecule has 2 aromatic heterocycles. The average Bonchev–Trinajstić information content (AvgIpc) is 3.59. The largest absolute Gasteiger partial charge is 0.341 e. The summed E-state index contributed by atoms with van der Waals surface area (Å²) < 4.78 is 4.83. The Morgan fingerprint density at radius 2 is 0.727 bits per heavy atom. The van der Waals surface area contributed by atoms with Gasteiger partial charge in [-0.1, -0.05) is 121 Å². The van der Waals surface area contributed by atoms with Crippen LogP contribution in [0.2, 0.25) is 0 Å². The van der Waals surface area contributed by atoms with Gasteiger partial charge in [0.2, 0.25) is 0 Å². The molecule has 212 valence electrons. The Labute approximate surface area is 257 Å². The topological polar surface area (TPSA) is 9.86 Å². The number of nitrogens with zero attached hydrogens (tertiary/aromatic N) is 2. The molecule has 0 spiro atoms. The van der Waals surface area contributed by atoms with E-state index in [1.165, 1.54) is 76.6 Å². The molecule has 8 aromatic rings. The van der Waals surface area contributed by atoms with Crippen LogP contribution >= 0.6 is 0 Å². The molecule has 0 unspecified atom stereocenters. The van der Waals surface area contributed by atoms with Gasteiger partial charge in [-0.3, -0.25) is 0 Å². The lowest BCUT2D eigenvalue weighted by atomic mass is 9.97. The third-order valence-electron chi connectivity index (χ3n) is 9.17. The van der Waals surface area contributed by atoms with Crippen molar-refractivity contribution in [2.24, 2.45) is 0 Å². The van der Waals surface area contributed by atoms with Gasteiger partial charge in [0.15, 0.2) is 0 Å². The van der Waals surface area contributed by atoms with Gasteiger partial charge < -0.3 is 9.13 Å². The molecule has 0 aliphatic heterocycles. The van der Waals surface area contributed by atoms with E-state index in [-0.39, 0.29) is 0 Å². The summed E-state index contributed by atoms with van der Waals surface area (Å²) in [6, 6.07) is 44.1. The molecule has 0 aliphatic rings. The Balaban J connectivity index is 1.21. The molecule has 2 nitrogen and oxygen atoms in total. The molecular weight excluding hydrogens is 532 g/mol. The first-order valence-electron chi connectivity index (χ1n) is 15.6. The number of fused-ring (bicyclic) bond motifs is 7. The number of aryl methyl sites for hydroxylation is 2. The van der Waals surface area contributed by atoms with Crippen LogP contribution < -0.4 is 0 Å². The van der Waals surface area contributed by atoms with E-state index in [2.05, 4.69) is 169 Å². The first-order chi connectivity index (χ1) is 21.8. The molecule has 0 fully saturated rings. The highest BCUT2D eigenvalue weighted by Gasteiger charge is 2.13. The van der Waals surface area contributed by atoms with Crippen molar-refractivity contribution in [2.75, 3.05) is 0 Å². The van der Waals surface area contributed by atoms with Crippen LogP contribution in [0.3, 0.4) is 0 Å². The highest BCUT2D eigenvalue weighted by molar-refractivity contribution is 6.14. The summed E-state index contributed by atoms with van der Waals surface area (Å²) in [5.74, 6) is 0. The van der Waals surface area contributed by atoms with Crippen molar-refractivity contribution in [3.63, 3.8) is 0 Å². The zero-order chi connectivity index (χ0) is 29.6. The normalized spacial score (nSPS) is 12.3. The van der Waals surface area contributed by atoms with Crippen molar-refractivity contribution in [3.8, 4) is 0 Å². The molecule has 2 heteroatoms. The Bertz CT molecular complexity index is 2240. The summed E-state index contributed by atoms with van der Waals surface area (Å²) in [5, 5.41) is 7.79. The molecule has 0 N–H and O–H groups in total. The van der Waals surface area contributed by atoms with E-state index in [0.29, 0.717) is 0 Å². The van der Waals surface area contributed by atoms with E-state index in [1.807, 2.05) is 0 Å². The van der Waals surface area contributed by atoms with E-state index >= 15 is 0 Å². The second-order valence-electron chi connectivity index (χ2n) is 11.5. The van der Waals surface area contributed by atoms with Crippen molar-refractivity contribution >= 4 is 78.7 Å². The molecule has 0 bridgehead atoms. The van der Waals surface area contributed by atoms with Crippen LogP contribution in [0.25, 0.3) is 78.7 Å². The van der Waals surface area contributed by atoms with E-state index in [9.17, 15) is 0 Å². The van der Waals surface area contributed by atoms with Gasteiger partial charge in [0.05, 0.1) is 0 Å². The predicted octanol–water partition coefficient (Wildman–Crippen LogP) is 11.4. The van der Waals surface area contributed by atoms with Gasteiger partial charge in [0.25, 0.3) is 0 Å². The summed E-state index contributed by atoms with van der Waals surface area (Å²) in [4.78, 5) is 0. The number of hydrogen-bond acceptors (Lipinski definition) is 0. The van der Waals surface area contributed by atoms with Gasteiger partial charge in [-0.05, 0) is 71.1 Å². The molecule has 0 atom stereocenters. The van der Waals surface area contributed by atoms with Crippen LogP contribution in [0.4, 0.5) is 0 Å². The monoisotopic (exact) mass is 566 g/mol. The first kappa shape index (κ1) is 26.3. The van der Waals surface area contributed by atoms with Crippen LogP contribution in [-0.2, 0) is 13.1 Å². The van der Waals surface area contributed by atoms with Crippen LogP contribution in [0.15, 0.2) is 121 Å². The maximum atomic E-state index is 2.42. The van der Waals surface area contributed by atoms with Gasteiger partial charge in [-0.2, -0.15) is 0 Å². The first-order valence-corrected chi connectivity index (χ1v) is 15.6.